The summed E-state index contributed by atoms with van der Waals surface area (Å²) in [7, 11) is 0. The summed E-state index contributed by atoms with van der Waals surface area (Å²) in [6.07, 6.45) is 2.56. The molecule has 2 amide bonds. The fourth-order valence-corrected chi connectivity index (χ4v) is 1.90. The molecular formula is C18H21N3O2. The summed E-state index contributed by atoms with van der Waals surface area (Å²) < 4.78 is 5.51. The van der Waals surface area contributed by atoms with Gasteiger partial charge in [0.25, 0.3) is 0 Å². The van der Waals surface area contributed by atoms with Crippen molar-refractivity contribution in [3.63, 3.8) is 0 Å². The summed E-state index contributed by atoms with van der Waals surface area (Å²) in [4.78, 5) is 11.8. The van der Waals surface area contributed by atoms with Crippen LogP contribution in [0.1, 0.15) is 24.5 Å². The van der Waals surface area contributed by atoms with Crippen molar-refractivity contribution in [2.75, 3.05) is 11.9 Å². The van der Waals surface area contributed by atoms with Gasteiger partial charge in [0.15, 0.2) is 0 Å². The molecule has 0 saturated heterocycles. The molecule has 0 atom stereocenters. The zero-order valence-corrected chi connectivity index (χ0v) is 13.4. The largest absolute Gasteiger partial charge is 0.494 e. The normalized spacial score (nSPS) is 10.5. The minimum absolute atomic E-state index is 0.376. The van der Waals surface area contributed by atoms with Crippen LogP contribution in [-0.4, -0.2) is 18.9 Å². The third kappa shape index (κ3) is 5.47. The van der Waals surface area contributed by atoms with E-state index in [0.29, 0.717) is 6.61 Å². The van der Waals surface area contributed by atoms with Crippen LogP contribution in [0.15, 0.2) is 53.6 Å². The van der Waals surface area contributed by atoms with Crippen molar-refractivity contribution in [2.24, 2.45) is 5.10 Å². The lowest BCUT2D eigenvalue weighted by Gasteiger charge is -2.06. The molecule has 2 aromatic carbocycles. The number of anilines is 1. The molecule has 120 valence electrons. The first kappa shape index (κ1) is 16.5. The maximum Gasteiger partial charge on any atom is 0.339 e. The molecule has 0 unspecified atom stereocenters. The molecule has 2 N–H and O–H groups in total. The van der Waals surface area contributed by atoms with Crippen molar-refractivity contribution in [3.05, 3.63) is 59.7 Å². The summed E-state index contributed by atoms with van der Waals surface area (Å²) in [5.74, 6) is 0.828. The number of hydrogen-bond donors (Lipinski definition) is 2. The van der Waals surface area contributed by atoms with Crippen LogP contribution in [0.4, 0.5) is 10.5 Å². The van der Waals surface area contributed by atoms with Gasteiger partial charge in [-0.3, -0.25) is 0 Å². The van der Waals surface area contributed by atoms with Gasteiger partial charge in [0.05, 0.1) is 12.8 Å². The van der Waals surface area contributed by atoms with E-state index in [1.807, 2.05) is 55.5 Å². The highest BCUT2D eigenvalue weighted by atomic mass is 16.5. The molecule has 23 heavy (non-hydrogen) atoms. The molecule has 0 fully saturated rings. The summed E-state index contributed by atoms with van der Waals surface area (Å²) in [5.41, 5.74) is 5.08. The van der Waals surface area contributed by atoms with E-state index in [4.69, 9.17) is 4.74 Å². The summed E-state index contributed by atoms with van der Waals surface area (Å²) in [6, 6.07) is 14.7. The monoisotopic (exact) mass is 311 g/mol. The molecule has 0 bridgehead atoms. The van der Waals surface area contributed by atoms with Gasteiger partial charge in [-0.25, -0.2) is 10.2 Å². The third-order valence-electron chi connectivity index (χ3n) is 3.13. The average Bonchev–Trinajstić information content (AvgIpc) is 2.56. The predicted molar refractivity (Wildman–Crippen MR) is 93.2 cm³/mol. The van der Waals surface area contributed by atoms with Gasteiger partial charge in [-0.1, -0.05) is 25.1 Å². The Morgan fingerprint density at radius 3 is 2.61 bits per heavy atom. The van der Waals surface area contributed by atoms with Crippen LogP contribution >= 0.6 is 0 Å². The second-order valence-electron chi connectivity index (χ2n) is 5.06. The van der Waals surface area contributed by atoms with E-state index in [-0.39, 0.29) is 6.03 Å². The van der Waals surface area contributed by atoms with Crippen LogP contribution in [-0.2, 0) is 0 Å². The number of nitrogens with one attached hydrogen (secondary N) is 2. The minimum atomic E-state index is -0.376. The summed E-state index contributed by atoms with van der Waals surface area (Å²) >= 11 is 0. The Labute approximate surface area is 136 Å². The van der Waals surface area contributed by atoms with E-state index in [2.05, 4.69) is 22.8 Å². The SMILES string of the molecule is CCCOc1ccc(/C=N\NC(=O)Nc2ccccc2C)cc1. The Morgan fingerprint density at radius 2 is 1.91 bits per heavy atom. The van der Waals surface area contributed by atoms with Crippen molar-refractivity contribution in [3.8, 4) is 5.75 Å². The topological polar surface area (TPSA) is 62.7 Å². The van der Waals surface area contributed by atoms with Crippen molar-refractivity contribution in [2.45, 2.75) is 20.3 Å². The number of carbonyl (C=O) groups is 1. The van der Waals surface area contributed by atoms with Crippen LogP contribution in [0, 0.1) is 6.92 Å². The molecular weight excluding hydrogens is 290 g/mol. The van der Waals surface area contributed by atoms with Crippen molar-refractivity contribution < 1.29 is 9.53 Å². The molecule has 5 heteroatoms. The second-order valence-corrected chi connectivity index (χ2v) is 5.06. The molecule has 0 saturated carbocycles. The van der Waals surface area contributed by atoms with Crippen LogP contribution in [0.5, 0.6) is 5.75 Å². The lowest BCUT2D eigenvalue weighted by atomic mass is 10.2. The molecule has 0 aliphatic heterocycles. The number of ether oxygens (including phenoxy) is 1. The standard InChI is InChI=1S/C18H21N3O2/c1-3-12-23-16-10-8-15(9-11-16)13-19-21-18(22)20-17-7-5-4-6-14(17)2/h4-11,13H,3,12H2,1-2H3,(H2,20,21,22)/b19-13-. The van der Waals surface area contributed by atoms with Crippen LogP contribution in [0.25, 0.3) is 0 Å². The number of urea groups is 1. The van der Waals surface area contributed by atoms with Crippen LogP contribution in [0.2, 0.25) is 0 Å². The van der Waals surface area contributed by atoms with Gasteiger partial charge < -0.3 is 10.1 Å². The number of para-hydroxylation sites is 1. The number of carbonyl (C=O) groups excluding carboxylic acids is 1. The van der Waals surface area contributed by atoms with Gasteiger partial charge in [-0.2, -0.15) is 5.10 Å². The second kappa shape index (κ2) is 8.58. The lowest BCUT2D eigenvalue weighted by molar-refractivity contribution is 0.252. The minimum Gasteiger partial charge on any atom is -0.494 e. The first-order valence-electron chi connectivity index (χ1n) is 7.57. The highest BCUT2D eigenvalue weighted by molar-refractivity contribution is 5.91. The van der Waals surface area contributed by atoms with E-state index < -0.39 is 0 Å². The quantitative estimate of drug-likeness (QED) is 0.627. The number of nitrogens with zero attached hydrogens (tertiary/aromatic N) is 1. The van der Waals surface area contributed by atoms with Crippen LogP contribution < -0.4 is 15.5 Å². The zero-order chi connectivity index (χ0) is 16.5. The average molecular weight is 311 g/mol. The lowest BCUT2D eigenvalue weighted by Crippen LogP contribution is -2.24. The van der Waals surface area contributed by atoms with Crippen molar-refractivity contribution >= 4 is 17.9 Å². The first-order chi connectivity index (χ1) is 11.2. The van der Waals surface area contributed by atoms with Gasteiger partial charge >= 0.3 is 6.03 Å². The molecule has 0 spiro atoms. The molecule has 5 nitrogen and oxygen atoms in total. The van der Waals surface area contributed by atoms with E-state index in [9.17, 15) is 4.79 Å². The smallest absolute Gasteiger partial charge is 0.339 e. The molecule has 0 aliphatic rings. The van der Waals surface area contributed by atoms with E-state index in [1.54, 1.807) is 6.21 Å². The van der Waals surface area contributed by atoms with Gasteiger partial charge in [0, 0.05) is 5.69 Å². The summed E-state index contributed by atoms with van der Waals surface area (Å²) in [5, 5.41) is 6.68. The molecule has 0 aliphatic carbocycles. The van der Waals surface area contributed by atoms with Gasteiger partial charge in [-0.15, -0.1) is 0 Å². The number of aryl methyl sites for hydroxylation is 1. The highest BCUT2D eigenvalue weighted by Gasteiger charge is 2.01. The third-order valence-corrected chi connectivity index (χ3v) is 3.13. The number of rotatable bonds is 6. The van der Waals surface area contributed by atoms with Crippen molar-refractivity contribution in [1.29, 1.82) is 0 Å². The van der Waals surface area contributed by atoms with E-state index >= 15 is 0 Å². The number of hydrazone groups is 1. The fraction of sp³-hybridized carbons (Fsp3) is 0.222. The Balaban J connectivity index is 1.84. The zero-order valence-electron chi connectivity index (χ0n) is 13.4. The Hall–Kier alpha value is -2.82. The Bertz CT molecular complexity index is 666. The first-order valence-corrected chi connectivity index (χ1v) is 7.57. The number of hydrogen-bond acceptors (Lipinski definition) is 3. The predicted octanol–water partition coefficient (Wildman–Crippen LogP) is 3.94. The maximum absolute atomic E-state index is 11.8. The maximum atomic E-state index is 11.8. The summed E-state index contributed by atoms with van der Waals surface area (Å²) in [6.45, 7) is 4.70. The van der Waals surface area contributed by atoms with E-state index in [1.165, 1.54) is 0 Å². The molecule has 0 aromatic heterocycles. The Morgan fingerprint density at radius 1 is 1.17 bits per heavy atom. The van der Waals surface area contributed by atoms with Crippen LogP contribution in [0.3, 0.4) is 0 Å². The number of amides is 2. The molecule has 0 radical (unpaired) electrons. The van der Waals surface area contributed by atoms with Gasteiger partial charge in [-0.05, 0) is 54.8 Å². The molecule has 0 heterocycles. The molecule has 2 rings (SSSR count). The Kier molecular flexibility index (Phi) is 6.17. The van der Waals surface area contributed by atoms with Gasteiger partial charge in [0.2, 0.25) is 0 Å². The highest BCUT2D eigenvalue weighted by Crippen LogP contribution is 2.13. The van der Waals surface area contributed by atoms with E-state index in [0.717, 1.165) is 29.0 Å². The fourth-order valence-electron chi connectivity index (χ4n) is 1.90. The number of benzene rings is 2. The molecule has 2 aromatic rings. The van der Waals surface area contributed by atoms with Gasteiger partial charge in [0.1, 0.15) is 5.75 Å². The van der Waals surface area contributed by atoms with Crippen molar-refractivity contribution in [1.82, 2.24) is 5.43 Å².